The molecule has 2 rings (SSSR count). The van der Waals surface area contributed by atoms with E-state index < -0.39 is 0 Å². The van der Waals surface area contributed by atoms with E-state index in [1.165, 1.54) is 0 Å². The van der Waals surface area contributed by atoms with Crippen LogP contribution in [0.25, 0.3) is 0 Å². The second kappa shape index (κ2) is 4.84. The van der Waals surface area contributed by atoms with Crippen molar-refractivity contribution in [3.05, 3.63) is 18.0 Å². The first-order valence-electron chi connectivity index (χ1n) is 6.22. The first-order chi connectivity index (χ1) is 8.01. The molecule has 0 aliphatic carbocycles. The number of ketones is 1. The maximum absolute atomic E-state index is 12.2. The third kappa shape index (κ3) is 2.73. The fourth-order valence-corrected chi connectivity index (χ4v) is 3.37. The minimum atomic E-state index is -0.165. The summed E-state index contributed by atoms with van der Waals surface area (Å²) in [6.07, 6.45) is 4.61. The molecule has 4 heteroatoms. The molecule has 0 amide bonds. The molecule has 1 aromatic heterocycles. The molecule has 0 N–H and O–H groups in total. The van der Waals surface area contributed by atoms with E-state index >= 15 is 0 Å². The first kappa shape index (κ1) is 12.7. The molecule has 1 aromatic rings. The predicted molar refractivity (Wildman–Crippen MR) is 71.4 cm³/mol. The van der Waals surface area contributed by atoms with Gasteiger partial charge in [0, 0.05) is 12.2 Å². The van der Waals surface area contributed by atoms with Crippen LogP contribution in [0, 0.1) is 0 Å². The highest BCUT2D eigenvalue weighted by Crippen LogP contribution is 2.39. The number of aromatic nitrogens is 2. The summed E-state index contributed by atoms with van der Waals surface area (Å²) in [5.74, 6) is 1.44. The lowest BCUT2D eigenvalue weighted by Gasteiger charge is -2.20. The van der Waals surface area contributed by atoms with Gasteiger partial charge in [0.15, 0.2) is 5.78 Å². The van der Waals surface area contributed by atoms with Crippen molar-refractivity contribution in [1.29, 1.82) is 0 Å². The Balaban J connectivity index is 2.02. The molecule has 94 valence electrons. The quantitative estimate of drug-likeness (QED) is 0.826. The number of nitrogens with zero attached hydrogens (tertiary/aromatic N) is 2. The van der Waals surface area contributed by atoms with Gasteiger partial charge in [0.2, 0.25) is 0 Å². The van der Waals surface area contributed by atoms with Crippen LogP contribution < -0.4 is 0 Å². The Morgan fingerprint density at radius 2 is 2.41 bits per heavy atom. The zero-order valence-corrected chi connectivity index (χ0v) is 11.6. The van der Waals surface area contributed by atoms with Crippen LogP contribution in [0.2, 0.25) is 0 Å². The van der Waals surface area contributed by atoms with Crippen LogP contribution in [0.3, 0.4) is 0 Å². The molecule has 1 saturated heterocycles. The van der Waals surface area contributed by atoms with Crippen molar-refractivity contribution < 1.29 is 4.79 Å². The van der Waals surface area contributed by atoms with Crippen LogP contribution in [0.1, 0.15) is 45.3 Å². The summed E-state index contributed by atoms with van der Waals surface area (Å²) in [7, 11) is 0. The van der Waals surface area contributed by atoms with E-state index in [0.29, 0.717) is 18.2 Å². The fraction of sp³-hybridized carbons (Fsp3) is 0.692. The number of thioether (sulfide) groups is 1. The zero-order chi connectivity index (χ0) is 12.5. The lowest BCUT2D eigenvalue weighted by Crippen LogP contribution is -2.30. The summed E-state index contributed by atoms with van der Waals surface area (Å²) < 4.78 is 1.74. The molecule has 0 radical (unpaired) electrons. The van der Waals surface area contributed by atoms with E-state index in [0.717, 1.165) is 24.3 Å². The van der Waals surface area contributed by atoms with Crippen molar-refractivity contribution in [2.45, 2.75) is 50.8 Å². The van der Waals surface area contributed by atoms with Gasteiger partial charge in [0.1, 0.15) is 0 Å². The summed E-state index contributed by atoms with van der Waals surface area (Å²) in [6, 6.07) is 2.32. The summed E-state index contributed by atoms with van der Waals surface area (Å²) >= 11 is 1.80. The Kier molecular flexibility index (Phi) is 3.61. The van der Waals surface area contributed by atoms with E-state index in [1.54, 1.807) is 11.8 Å². The lowest BCUT2D eigenvalue weighted by atomic mass is 9.97. The Hall–Kier alpha value is -0.770. The maximum atomic E-state index is 12.2. The van der Waals surface area contributed by atoms with Gasteiger partial charge in [-0.2, -0.15) is 5.10 Å². The molecule has 1 unspecified atom stereocenters. The highest BCUT2D eigenvalue weighted by Gasteiger charge is 2.36. The van der Waals surface area contributed by atoms with Crippen molar-refractivity contribution in [2.75, 3.05) is 5.75 Å². The van der Waals surface area contributed by atoms with E-state index in [2.05, 4.69) is 25.9 Å². The second-order valence-corrected chi connectivity index (χ2v) is 6.76. The van der Waals surface area contributed by atoms with Gasteiger partial charge in [0.05, 0.1) is 16.9 Å². The van der Waals surface area contributed by atoms with Crippen molar-refractivity contribution in [1.82, 2.24) is 9.78 Å². The number of carbonyl (C=O) groups excluding carboxylic acids is 1. The van der Waals surface area contributed by atoms with Gasteiger partial charge in [-0.05, 0) is 45.4 Å². The van der Waals surface area contributed by atoms with Gasteiger partial charge < -0.3 is 0 Å². The SMILES string of the molecule is CC(C)n1ccc(CC(=O)C2(C)CCCS2)n1. The maximum Gasteiger partial charge on any atom is 0.154 e. The van der Waals surface area contributed by atoms with Crippen LogP contribution in [-0.4, -0.2) is 26.1 Å². The van der Waals surface area contributed by atoms with Crippen LogP contribution in [-0.2, 0) is 11.2 Å². The Morgan fingerprint density at radius 3 is 2.94 bits per heavy atom. The van der Waals surface area contributed by atoms with Crippen LogP contribution in [0.4, 0.5) is 0 Å². The molecule has 0 spiro atoms. The fourth-order valence-electron chi connectivity index (χ4n) is 2.11. The van der Waals surface area contributed by atoms with Gasteiger partial charge in [-0.15, -0.1) is 11.8 Å². The third-order valence-corrected chi connectivity index (χ3v) is 4.90. The standard InChI is InChI=1S/C13H20N2OS/c1-10(2)15-7-5-11(14-15)9-12(16)13(3)6-4-8-17-13/h5,7,10H,4,6,8-9H2,1-3H3. The summed E-state index contributed by atoms with van der Waals surface area (Å²) in [5.41, 5.74) is 0.900. The Labute approximate surface area is 107 Å². The highest BCUT2D eigenvalue weighted by atomic mass is 32.2. The van der Waals surface area contributed by atoms with E-state index in [9.17, 15) is 4.79 Å². The van der Waals surface area contributed by atoms with E-state index in [4.69, 9.17) is 0 Å². The number of hydrogen-bond acceptors (Lipinski definition) is 3. The van der Waals surface area contributed by atoms with E-state index in [-0.39, 0.29) is 4.75 Å². The number of Topliss-reactive ketones (excluding diaryl/α,β-unsaturated/α-hetero) is 1. The summed E-state index contributed by atoms with van der Waals surface area (Å²) in [6.45, 7) is 6.26. The largest absolute Gasteiger partial charge is 0.298 e. The van der Waals surface area contributed by atoms with Crippen molar-refractivity contribution in [3.8, 4) is 0 Å². The Bertz CT molecular complexity index is 405. The van der Waals surface area contributed by atoms with Gasteiger partial charge >= 0.3 is 0 Å². The Morgan fingerprint density at radius 1 is 1.65 bits per heavy atom. The third-order valence-electron chi connectivity index (χ3n) is 3.34. The number of carbonyl (C=O) groups is 1. The molecule has 1 fully saturated rings. The molecule has 0 bridgehead atoms. The summed E-state index contributed by atoms with van der Waals surface area (Å²) in [5, 5.41) is 4.44. The monoisotopic (exact) mass is 252 g/mol. The van der Waals surface area contributed by atoms with Crippen LogP contribution in [0.15, 0.2) is 12.3 Å². The normalized spacial score (nSPS) is 24.5. The topological polar surface area (TPSA) is 34.9 Å². The molecule has 1 atom stereocenters. The van der Waals surface area contributed by atoms with Crippen LogP contribution in [0.5, 0.6) is 0 Å². The van der Waals surface area contributed by atoms with Gasteiger partial charge in [-0.1, -0.05) is 0 Å². The zero-order valence-electron chi connectivity index (χ0n) is 10.8. The van der Waals surface area contributed by atoms with Crippen molar-refractivity contribution in [3.63, 3.8) is 0 Å². The average Bonchev–Trinajstić information content (AvgIpc) is 2.88. The highest BCUT2D eigenvalue weighted by molar-refractivity contribution is 8.01. The lowest BCUT2D eigenvalue weighted by molar-refractivity contribution is -0.120. The molecule has 1 aliphatic heterocycles. The second-order valence-electron chi connectivity index (χ2n) is 5.16. The van der Waals surface area contributed by atoms with Gasteiger partial charge in [0.25, 0.3) is 0 Å². The average molecular weight is 252 g/mol. The number of rotatable bonds is 4. The molecular weight excluding hydrogens is 232 g/mol. The minimum Gasteiger partial charge on any atom is -0.298 e. The van der Waals surface area contributed by atoms with Crippen molar-refractivity contribution in [2.24, 2.45) is 0 Å². The van der Waals surface area contributed by atoms with Crippen LogP contribution >= 0.6 is 11.8 Å². The molecule has 3 nitrogen and oxygen atoms in total. The molecule has 17 heavy (non-hydrogen) atoms. The molecule has 0 aromatic carbocycles. The molecule has 1 aliphatic rings. The van der Waals surface area contributed by atoms with E-state index in [1.807, 2.05) is 16.9 Å². The predicted octanol–water partition coefficient (Wildman–Crippen LogP) is 2.86. The number of hydrogen-bond donors (Lipinski definition) is 0. The minimum absolute atomic E-state index is 0.165. The van der Waals surface area contributed by atoms with Gasteiger partial charge in [-0.25, -0.2) is 0 Å². The van der Waals surface area contributed by atoms with Crippen molar-refractivity contribution >= 4 is 17.5 Å². The molecule has 2 heterocycles. The smallest absolute Gasteiger partial charge is 0.154 e. The molecule has 0 saturated carbocycles. The van der Waals surface area contributed by atoms with Gasteiger partial charge in [-0.3, -0.25) is 9.48 Å². The molecular formula is C13H20N2OS. The summed E-state index contributed by atoms with van der Waals surface area (Å²) in [4.78, 5) is 12.2. The first-order valence-corrected chi connectivity index (χ1v) is 7.21.